The van der Waals surface area contributed by atoms with E-state index >= 15 is 0 Å². The van der Waals surface area contributed by atoms with Crippen molar-refractivity contribution in [1.29, 1.82) is 0 Å². The van der Waals surface area contributed by atoms with E-state index < -0.39 is 0 Å². The normalized spacial score (nSPS) is 28.1. The topological polar surface area (TPSA) is 12.0 Å². The fourth-order valence-corrected chi connectivity index (χ4v) is 1.66. The highest BCUT2D eigenvalue weighted by molar-refractivity contribution is 5.16. The quantitative estimate of drug-likeness (QED) is 0.698. The van der Waals surface area contributed by atoms with E-state index in [1.165, 1.54) is 18.5 Å². The van der Waals surface area contributed by atoms with Crippen LogP contribution in [0.5, 0.6) is 0 Å². The van der Waals surface area contributed by atoms with E-state index in [2.05, 4.69) is 42.6 Å². The third kappa shape index (κ3) is 1.51. The smallest absolute Gasteiger partial charge is 0.0145 e. The molecule has 0 amide bonds. The van der Waals surface area contributed by atoms with Gasteiger partial charge in [-0.25, -0.2) is 0 Å². The highest BCUT2D eigenvalue weighted by Crippen LogP contribution is 2.16. The van der Waals surface area contributed by atoms with Crippen LogP contribution in [-0.4, -0.2) is 12.6 Å². The standard InChI is InChI=1S/C11H15N/c1-9-8-12-11(9)7-10-5-3-2-4-6-10/h2-6,9,11-12H,7-8H2,1H3/t9-,11-/m0/s1. The minimum absolute atomic E-state index is 0.715. The molecule has 2 atom stereocenters. The Morgan fingerprint density at radius 1 is 1.33 bits per heavy atom. The Morgan fingerprint density at radius 3 is 2.58 bits per heavy atom. The van der Waals surface area contributed by atoms with E-state index in [1.807, 2.05) is 0 Å². The molecule has 0 unspecified atom stereocenters. The van der Waals surface area contributed by atoms with Crippen molar-refractivity contribution in [2.45, 2.75) is 19.4 Å². The third-order valence-electron chi connectivity index (χ3n) is 2.69. The summed E-state index contributed by atoms with van der Waals surface area (Å²) >= 11 is 0. The first-order valence-electron chi connectivity index (χ1n) is 4.63. The monoisotopic (exact) mass is 161 g/mol. The molecule has 12 heavy (non-hydrogen) atoms. The zero-order valence-corrected chi connectivity index (χ0v) is 7.46. The average molecular weight is 161 g/mol. The van der Waals surface area contributed by atoms with Gasteiger partial charge in [0, 0.05) is 6.04 Å². The Bertz CT molecular complexity index is 242. The molecule has 1 aliphatic heterocycles. The van der Waals surface area contributed by atoms with Crippen LogP contribution in [0.3, 0.4) is 0 Å². The summed E-state index contributed by atoms with van der Waals surface area (Å²) in [6.45, 7) is 3.50. The van der Waals surface area contributed by atoms with Crippen molar-refractivity contribution in [3.8, 4) is 0 Å². The molecule has 2 rings (SSSR count). The van der Waals surface area contributed by atoms with Crippen LogP contribution in [0, 0.1) is 5.92 Å². The molecule has 0 radical (unpaired) electrons. The second kappa shape index (κ2) is 3.28. The lowest BCUT2D eigenvalue weighted by Gasteiger charge is -2.35. The van der Waals surface area contributed by atoms with Gasteiger partial charge in [0.15, 0.2) is 0 Å². The van der Waals surface area contributed by atoms with E-state index in [4.69, 9.17) is 0 Å². The minimum atomic E-state index is 0.715. The summed E-state index contributed by atoms with van der Waals surface area (Å²) in [6.07, 6.45) is 1.18. The van der Waals surface area contributed by atoms with Gasteiger partial charge in [-0.2, -0.15) is 0 Å². The summed E-state index contributed by atoms with van der Waals surface area (Å²) in [7, 11) is 0. The molecular formula is C11H15N. The summed E-state index contributed by atoms with van der Waals surface area (Å²) in [5.74, 6) is 0.852. The fraction of sp³-hybridized carbons (Fsp3) is 0.455. The molecule has 1 aliphatic rings. The molecule has 0 saturated carbocycles. The summed E-state index contributed by atoms with van der Waals surface area (Å²) < 4.78 is 0. The van der Waals surface area contributed by atoms with Crippen molar-refractivity contribution >= 4 is 0 Å². The van der Waals surface area contributed by atoms with Crippen LogP contribution in [0.4, 0.5) is 0 Å². The van der Waals surface area contributed by atoms with E-state index in [-0.39, 0.29) is 0 Å². The molecule has 1 heteroatoms. The fourth-order valence-electron chi connectivity index (χ4n) is 1.66. The Hall–Kier alpha value is -0.820. The predicted octanol–water partition coefficient (Wildman–Crippen LogP) is 1.84. The maximum Gasteiger partial charge on any atom is 0.0145 e. The molecule has 1 fully saturated rings. The largest absolute Gasteiger partial charge is 0.313 e. The van der Waals surface area contributed by atoms with Crippen molar-refractivity contribution in [1.82, 2.24) is 5.32 Å². The second-order valence-corrected chi connectivity index (χ2v) is 3.68. The highest BCUT2D eigenvalue weighted by Gasteiger charge is 2.25. The van der Waals surface area contributed by atoms with Gasteiger partial charge >= 0.3 is 0 Å². The lowest BCUT2D eigenvalue weighted by Crippen LogP contribution is -2.52. The van der Waals surface area contributed by atoms with Crippen LogP contribution >= 0.6 is 0 Å². The Morgan fingerprint density at radius 2 is 2.08 bits per heavy atom. The van der Waals surface area contributed by atoms with Gasteiger partial charge in [-0.05, 0) is 24.4 Å². The summed E-state index contributed by atoms with van der Waals surface area (Å²) in [5, 5.41) is 3.44. The van der Waals surface area contributed by atoms with Gasteiger partial charge in [-0.15, -0.1) is 0 Å². The molecule has 0 bridgehead atoms. The van der Waals surface area contributed by atoms with Crippen LogP contribution in [0.1, 0.15) is 12.5 Å². The van der Waals surface area contributed by atoms with Crippen LogP contribution in [0.25, 0.3) is 0 Å². The third-order valence-corrected chi connectivity index (χ3v) is 2.69. The molecule has 1 aromatic rings. The lowest BCUT2D eigenvalue weighted by atomic mass is 9.88. The van der Waals surface area contributed by atoms with Crippen molar-refractivity contribution < 1.29 is 0 Å². The van der Waals surface area contributed by atoms with Gasteiger partial charge < -0.3 is 5.32 Å². The number of nitrogens with one attached hydrogen (secondary N) is 1. The van der Waals surface area contributed by atoms with Gasteiger partial charge in [0.05, 0.1) is 0 Å². The van der Waals surface area contributed by atoms with E-state index in [0.717, 1.165) is 5.92 Å². The second-order valence-electron chi connectivity index (χ2n) is 3.68. The van der Waals surface area contributed by atoms with Gasteiger partial charge in [0.25, 0.3) is 0 Å². The summed E-state index contributed by atoms with van der Waals surface area (Å²) in [4.78, 5) is 0. The maximum atomic E-state index is 3.44. The van der Waals surface area contributed by atoms with Crippen molar-refractivity contribution in [2.75, 3.05) is 6.54 Å². The molecular weight excluding hydrogens is 146 g/mol. The maximum absolute atomic E-state index is 3.44. The Balaban J connectivity index is 1.95. The number of benzene rings is 1. The molecule has 1 N–H and O–H groups in total. The average Bonchev–Trinajstić information content (AvgIpc) is 2.14. The molecule has 1 saturated heterocycles. The lowest BCUT2D eigenvalue weighted by molar-refractivity contribution is 0.252. The first-order valence-corrected chi connectivity index (χ1v) is 4.63. The minimum Gasteiger partial charge on any atom is -0.313 e. The predicted molar refractivity (Wildman–Crippen MR) is 51.1 cm³/mol. The zero-order chi connectivity index (χ0) is 8.39. The van der Waals surface area contributed by atoms with Crippen LogP contribution in [0.15, 0.2) is 30.3 Å². The van der Waals surface area contributed by atoms with E-state index in [0.29, 0.717) is 6.04 Å². The van der Waals surface area contributed by atoms with Gasteiger partial charge in [0.1, 0.15) is 0 Å². The SMILES string of the molecule is C[C@H]1CN[C@H]1Cc1ccccc1. The first kappa shape index (κ1) is 7.81. The van der Waals surface area contributed by atoms with Crippen molar-refractivity contribution in [3.63, 3.8) is 0 Å². The molecule has 1 nitrogen and oxygen atoms in total. The van der Waals surface area contributed by atoms with Gasteiger partial charge in [0.2, 0.25) is 0 Å². The highest BCUT2D eigenvalue weighted by atomic mass is 15.0. The molecule has 1 aromatic carbocycles. The molecule has 0 aromatic heterocycles. The molecule has 0 aliphatic carbocycles. The zero-order valence-electron chi connectivity index (χ0n) is 7.46. The van der Waals surface area contributed by atoms with E-state index in [1.54, 1.807) is 0 Å². The number of rotatable bonds is 2. The van der Waals surface area contributed by atoms with Crippen molar-refractivity contribution in [2.24, 2.45) is 5.92 Å². The van der Waals surface area contributed by atoms with Crippen molar-refractivity contribution in [3.05, 3.63) is 35.9 Å². The van der Waals surface area contributed by atoms with Crippen LogP contribution in [-0.2, 0) is 6.42 Å². The van der Waals surface area contributed by atoms with Crippen LogP contribution < -0.4 is 5.32 Å². The molecule has 1 heterocycles. The Labute approximate surface area is 73.8 Å². The number of hydrogen-bond acceptors (Lipinski definition) is 1. The van der Waals surface area contributed by atoms with Gasteiger partial charge in [-0.3, -0.25) is 0 Å². The molecule has 64 valence electrons. The Kier molecular flexibility index (Phi) is 2.13. The molecule has 0 spiro atoms. The van der Waals surface area contributed by atoms with E-state index in [9.17, 15) is 0 Å². The van der Waals surface area contributed by atoms with Crippen LogP contribution in [0.2, 0.25) is 0 Å². The number of hydrogen-bond donors (Lipinski definition) is 1. The summed E-state index contributed by atoms with van der Waals surface area (Å²) in [6, 6.07) is 11.4. The first-order chi connectivity index (χ1) is 5.86. The van der Waals surface area contributed by atoms with Gasteiger partial charge in [-0.1, -0.05) is 37.3 Å². The summed E-state index contributed by atoms with van der Waals surface area (Å²) in [5.41, 5.74) is 1.45.